The molecule has 0 unspecified atom stereocenters. The van der Waals surface area contributed by atoms with Crippen LogP contribution in [0, 0.1) is 5.82 Å². The fraction of sp³-hybridized carbons (Fsp3) is 0.143. The van der Waals surface area contributed by atoms with Crippen molar-refractivity contribution in [3.8, 4) is 11.5 Å². The first-order valence-corrected chi connectivity index (χ1v) is 8.57. The molecule has 0 aliphatic heterocycles. The monoisotopic (exact) mass is 381 g/mol. The number of rotatable bonds is 7. The van der Waals surface area contributed by atoms with E-state index in [0.29, 0.717) is 28.4 Å². The second-order valence-corrected chi connectivity index (χ2v) is 5.90. The Labute approximate surface area is 162 Å². The number of carbonyl (C=O) groups excluding carboxylic acids is 1. The fourth-order valence-electron chi connectivity index (χ4n) is 2.60. The molecule has 0 saturated heterocycles. The summed E-state index contributed by atoms with van der Waals surface area (Å²) in [6, 6.07) is 15.0. The number of methoxy groups -OCH3 is 2. The number of ether oxygens (including phenoxy) is 2. The van der Waals surface area contributed by atoms with Crippen molar-refractivity contribution >= 4 is 17.3 Å². The van der Waals surface area contributed by atoms with Gasteiger partial charge in [-0.3, -0.25) is 9.78 Å². The normalized spacial score (nSPS) is 10.2. The van der Waals surface area contributed by atoms with Crippen molar-refractivity contribution in [2.45, 2.75) is 6.54 Å². The van der Waals surface area contributed by atoms with E-state index < -0.39 is 5.91 Å². The van der Waals surface area contributed by atoms with Gasteiger partial charge < -0.3 is 20.1 Å². The molecule has 0 aliphatic rings. The van der Waals surface area contributed by atoms with Crippen molar-refractivity contribution in [3.05, 3.63) is 77.9 Å². The third kappa shape index (κ3) is 4.56. The molecular weight excluding hydrogens is 361 g/mol. The molecule has 3 rings (SSSR count). The third-order valence-corrected chi connectivity index (χ3v) is 4.08. The SMILES string of the molecule is COc1ccc(Nc2ccnc(C(=O)NCc3ccccc3F)c2)c(OC)c1. The maximum atomic E-state index is 13.7. The highest BCUT2D eigenvalue weighted by molar-refractivity contribution is 5.93. The molecule has 0 aliphatic carbocycles. The molecule has 0 fully saturated rings. The minimum Gasteiger partial charge on any atom is -0.497 e. The van der Waals surface area contributed by atoms with Crippen LogP contribution < -0.4 is 20.1 Å². The van der Waals surface area contributed by atoms with E-state index in [-0.39, 0.29) is 18.1 Å². The molecule has 6 nitrogen and oxygen atoms in total. The van der Waals surface area contributed by atoms with Crippen LogP contribution >= 0.6 is 0 Å². The van der Waals surface area contributed by atoms with Gasteiger partial charge in [0.25, 0.3) is 5.91 Å². The van der Waals surface area contributed by atoms with E-state index in [1.807, 2.05) is 6.07 Å². The molecular formula is C21H20FN3O3. The van der Waals surface area contributed by atoms with Gasteiger partial charge in [0.1, 0.15) is 23.0 Å². The Balaban J connectivity index is 1.72. The summed E-state index contributed by atoms with van der Waals surface area (Å²) in [5.74, 6) is 0.512. The summed E-state index contributed by atoms with van der Waals surface area (Å²) in [5.41, 5.74) is 2.00. The van der Waals surface area contributed by atoms with Crippen molar-refractivity contribution in [1.29, 1.82) is 0 Å². The number of aromatic nitrogens is 1. The summed E-state index contributed by atoms with van der Waals surface area (Å²) < 4.78 is 24.2. The zero-order valence-corrected chi connectivity index (χ0v) is 15.5. The Morgan fingerprint density at radius 3 is 2.64 bits per heavy atom. The molecule has 3 aromatic rings. The first-order valence-electron chi connectivity index (χ1n) is 8.57. The van der Waals surface area contributed by atoms with Gasteiger partial charge in [-0.05, 0) is 30.3 Å². The maximum absolute atomic E-state index is 13.7. The highest BCUT2D eigenvalue weighted by Gasteiger charge is 2.11. The van der Waals surface area contributed by atoms with E-state index in [0.717, 1.165) is 0 Å². The maximum Gasteiger partial charge on any atom is 0.270 e. The van der Waals surface area contributed by atoms with Gasteiger partial charge in [0, 0.05) is 30.1 Å². The lowest BCUT2D eigenvalue weighted by Gasteiger charge is -2.13. The van der Waals surface area contributed by atoms with Gasteiger partial charge in [-0.1, -0.05) is 18.2 Å². The number of benzene rings is 2. The quantitative estimate of drug-likeness (QED) is 0.649. The molecule has 2 aromatic carbocycles. The lowest BCUT2D eigenvalue weighted by Crippen LogP contribution is -2.24. The molecule has 1 heterocycles. The number of anilines is 2. The zero-order chi connectivity index (χ0) is 19.9. The van der Waals surface area contributed by atoms with Gasteiger partial charge in [0.15, 0.2) is 0 Å². The van der Waals surface area contributed by atoms with Crippen LogP contribution in [0.15, 0.2) is 60.8 Å². The van der Waals surface area contributed by atoms with Crippen molar-refractivity contribution in [1.82, 2.24) is 10.3 Å². The van der Waals surface area contributed by atoms with Crippen LogP contribution in [0.1, 0.15) is 16.1 Å². The predicted octanol–water partition coefficient (Wildman–Crippen LogP) is 3.91. The topological polar surface area (TPSA) is 72.5 Å². The molecule has 1 aromatic heterocycles. The molecule has 2 N–H and O–H groups in total. The van der Waals surface area contributed by atoms with E-state index in [2.05, 4.69) is 15.6 Å². The second kappa shape index (κ2) is 8.85. The van der Waals surface area contributed by atoms with Crippen LogP contribution in [0.2, 0.25) is 0 Å². The highest BCUT2D eigenvalue weighted by atomic mass is 19.1. The van der Waals surface area contributed by atoms with Crippen molar-refractivity contribution in [3.63, 3.8) is 0 Å². The summed E-state index contributed by atoms with van der Waals surface area (Å²) in [6.45, 7) is 0.0805. The summed E-state index contributed by atoms with van der Waals surface area (Å²) in [4.78, 5) is 16.5. The van der Waals surface area contributed by atoms with Crippen molar-refractivity contribution in [2.75, 3.05) is 19.5 Å². The third-order valence-electron chi connectivity index (χ3n) is 4.08. The second-order valence-electron chi connectivity index (χ2n) is 5.90. The van der Waals surface area contributed by atoms with E-state index in [4.69, 9.17) is 9.47 Å². The molecule has 28 heavy (non-hydrogen) atoms. The van der Waals surface area contributed by atoms with Crippen LogP contribution in [-0.2, 0) is 6.54 Å². The molecule has 144 valence electrons. The van der Waals surface area contributed by atoms with Gasteiger partial charge in [0.05, 0.1) is 19.9 Å². The van der Waals surface area contributed by atoms with Crippen LogP contribution in [0.5, 0.6) is 11.5 Å². The van der Waals surface area contributed by atoms with E-state index in [1.54, 1.807) is 56.7 Å². The van der Waals surface area contributed by atoms with Crippen LogP contribution in [-0.4, -0.2) is 25.1 Å². The summed E-state index contributed by atoms with van der Waals surface area (Å²) in [6.07, 6.45) is 1.52. The number of carbonyl (C=O) groups is 1. The number of amides is 1. The molecule has 7 heteroatoms. The van der Waals surface area contributed by atoms with E-state index in [9.17, 15) is 9.18 Å². The average molecular weight is 381 g/mol. The first-order chi connectivity index (χ1) is 13.6. The summed E-state index contributed by atoms with van der Waals surface area (Å²) >= 11 is 0. The Morgan fingerprint density at radius 1 is 1.07 bits per heavy atom. The molecule has 0 radical (unpaired) electrons. The predicted molar refractivity (Wildman–Crippen MR) is 105 cm³/mol. The van der Waals surface area contributed by atoms with Crippen molar-refractivity contribution < 1.29 is 18.7 Å². The van der Waals surface area contributed by atoms with Gasteiger partial charge >= 0.3 is 0 Å². The highest BCUT2D eigenvalue weighted by Crippen LogP contribution is 2.31. The van der Waals surface area contributed by atoms with Crippen LogP contribution in [0.3, 0.4) is 0 Å². The molecule has 0 bridgehead atoms. The molecule has 0 saturated carbocycles. The minimum absolute atomic E-state index is 0.0805. The Kier molecular flexibility index (Phi) is 6.06. The number of nitrogens with zero attached hydrogens (tertiary/aromatic N) is 1. The number of halogens is 1. The van der Waals surface area contributed by atoms with Gasteiger partial charge in [0.2, 0.25) is 0 Å². The molecule has 0 atom stereocenters. The summed E-state index contributed by atoms with van der Waals surface area (Å²) in [7, 11) is 3.14. The minimum atomic E-state index is -0.395. The molecule has 1 amide bonds. The Bertz CT molecular complexity index is 979. The smallest absolute Gasteiger partial charge is 0.270 e. The summed E-state index contributed by atoms with van der Waals surface area (Å²) in [5, 5.41) is 5.87. The average Bonchev–Trinajstić information content (AvgIpc) is 2.73. The lowest BCUT2D eigenvalue weighted by molar-refractivity contribution is 0.0945. The van der Waals surface area contributed by atoms with E-state index >= 15 is 0 Å². The standard InChI is InChI=1S/C21H20FN3O3/c1-27-16-7-8-18(20(12-16)28-2)25-15-9-10-23-19(11-15)21(26)24-13-14-5-3-4-6-17(14)22/h3-12H,13H2,1-2H3,(H,23,25)(H,24,26). The number of pyridine rings is 1. The molecule has 0 spiro atoms. The number of nitrogens with one attached hydrogen (secondary N) is 2. The van der Waals surface area contributed by atoms with Gasteiger partial charge in [-0.15, -0.1) is 0 Å². The Hall–Kier alpha value is -3.61. The number of hydrogen-bond donors (Lipinski definition) is 2. The zero-order valence-electron chi connectivity index (χ0n) is 15.5. The largest absolute Gasteiger partial charge is 0.497 e. The van der Waals surface area contributed by atoms with Gasteiger partial charge in [-0.2, -0.15) is 0 Å². The fourth-order valence-corrected chi connectivity index (χ4v) is 2.60. The van der Waals surface area contributed by atoms with E-state index in [1.165, 1.54) is 12.3 Å². The van der Waals surface area contributed by atoms with Crippen LogP contribution in [0.4, 0.5) is 15.8 Å². The van der Waals surface area contributed by atoms with Crippen LogP contribution in [0.25, 0.3) is 0 Å². The first kappa shape index (κ1) is 19.2. The lowest BCUT2D eigenvalue weighted by atomic mass is 10.2. The number of hydrogen-bond acceptors (Lipinski definition) is 5. The van der Waals surface area contributed by atoms with Crippen molar-refractivity contribution in [2.24, 2.45) is 0 Å². The van der Waals surface area contributed by atoms with Gasteiger partial charge in [-0.25, -0.2) is 4.39 Å². The Morgan fingerprint density at radius 2 is 1.89 bits per heavy atom.